The monoisotopic (exact) mass is 425 g/mol. The van der Waals surface area contributed by atoms with Crippen molar-refractivity contribution in [3.63, 3.8) is 0 Å². The second-order valence-corrected chi connectivity index (χ2v) is 10.2. The van der Waals surface area contributed by atoms with Gasteiger partial charge in [-0.25, -0.2) is 8.42 Å². The third-order valence-corrected chi connectivity index (χ3v) is 6.45. The van der Waals surface area contributed by atoms with Gasteiger partial charge in [0.05, 0.1) is 33.7 Å². The van der Waals surface area contributed by atoms with Gasteiger partial charge in [-0.3, -0.25) is 9.52 Å². The molecule has 0 spiro atoms. The number of nitrogens with zero attached hydrogens (tertiary/aromatic N) is 1. The highest BCUT2D eigenvalue weighted by Crippen LogP contribution is 2.20. The molecule has 1 aromatic carbocycles. The van der Waals surface area contributed by atoms with Crippen molar-refractivity contribution in [2.24, 2.45) is 0 Å². The molecule has 0 saturated carbocycles. The fourth-order valence-electron chi connectivity index (χ4n) is 2.60. The largest absolute Gasteiger partial charge is 0.550 e. The van der Waals surface area contributed by atoms with Crippen molar-refractivity contribution in [1.29, 1.82) is 0 Å². The Balaban J connectivity index is 2.07. The Morgan fingerprint density at radius 2 is 1.79 bits per heavy atom. The molecule has 1 heterocycles. The standard InChI is InChI=1S/C18H23N3O5S2/c1-21(2,3)12-15(11-16(22)23)19-18(24)13-6-8-14(9-7-13)20-28(25,26)17-5-4-10-27-17/h4-10,15H,11-12H2,1-3H3,(H2-,19,20,22,23,24). The number of aliphatic carboxylic acids is 1. The SMILES string of the molecule is C[N+](C)(C)CC(CC(=O)[O-])NC(=O)c1ccc(NS(=O)(=O)c2cccs2)cc1. The normalized spacial score (nSPS) is 13.0. The Labute approximate surface area is 168 Å². The van der Waals surface area contributed by atoms with Crippen LogP contribution < -0.4 is 15.1 Å². The Kier molecular flexibility index (Phi) is 6.81. The lowest BCUT2D eigenvalue weighted by molar-refractivity contribution is -0.871. The molecule has 152 valence electrons. The number of carboxylic acids is 1. The van der Waals surface area contributed by atoms with Crippen LogP contribution in [0.1, 0.15) is 16.8 Å². The highest BCUT2D eigenvalue weighted by molar-refractivity contribution is 7.94. The molecule has 1 unspecified atom stereocenters. The fourth-order valence-corrected chi connectivity index (χ4v) is 4.66. The first-order chi connectivity index (χ1) is 13.0. The number of anilines is 1. The van der Waals surface area contributed by atoms with Gasteiger partial charge >= 0.3 is 0 Å². The number of carbonyl (C=O) groups excluding carboxylic acids is 2. The van der Waals surface area contributed by atoms with Crippen molar-refractivity contribution in [1.82, 2.24) is 5.32 Å². The van der Waals surface area contributed by atoms with Crippen molar-refractivity contribution in [2.45, 2.75) is 16.7 Å². The third-order valence-electron chi connectivity index (χ3n) is 3.68. The molecular formula is C18H23N3O5S2. The molecular weight excluding hydrogens is 402 g/mol. The highest BCUT2D eigenvalue weighted by Gasteiger charge is 2.21. The molecule has 1 atom stereocenters. The van der Waals surface area contributed by atoms with E-state index in [4.69, 9.17) is 0 Å². The lowest BCUT2D eigenvalue weighted by Gasteiger charge is -2.30. The number of hydrogen-bond acceptors (Lipinski definition) is 6. The molecule has 0 aliphatic rings. The Morgan fingerprint density at radius 1 is 1.14 bits per heavy atom. The number of carboxylic acid groups (broad SMARTS) is 1. The van der Waals surface area contributed by atoms with E-state index in [-0.39, 0.29) is 10.6 Å². The molecule has 1 amide bonds. The number of sulfonamides is 1. The minimum Gasteiger partial charge on any atom is -0.550 e. The van der Waals surface area contributed by atoms with Crippen LogP contribution in [-0.2, 0) is 14.8 Å². The highest BCUT2D eigenvalue weighted by atomic mass is 32.2. The van der Waals surface area contributed by atoms with Gasteiger partial charge in [-0.1, -0.05) is 6.07 Å². The van der Waals surface area contributed by atoms with Gasteiger partial charge in [0.2, 0.25) is 0 Å². The first-order valence-electron chi connectivity index (χ1n) is 8.44. The van der Waals surface area contributed by atoms with Gasteiger partial charge in [-0.05, 0) is 35.7 Å². The van der Waals surface area contributed by atoms with E-state index in [0.717, 1.165) is 11.3 Å². The summed E-state index contributed by atoms with van der Waals surface area (Å²) in [7, 11) is 2.01. The molecule has 2 N–H and O–H groups in total. The summed E-state index contributed by atoms with van der Waals surface area (Å²) >= 11 is 1.10. The van der Waals surface area contributed by atoms with Gasteiger partial charge in [0.1, 0.15) is 4.21 Å². The number of nitrogens with one attached hydrogen (secondary N) is 2. The van der Waals surface area contributed by atoms with Crippen LogP contribution in [0.3, 0.4) is 0 Å². The van der Waals surface area contributed by atoms with Crippen LogP contribution >= 0.6 is 11.3 Å². The van der Waals surface area contributed by atoms with E-state index in [9.17, 15) is 23.1 Å². The molecule has 2 aromatic rings. The quantitative estimate of drug-likeness (QED) is 0.568. The Hall–Kier alpha value is -2.43. The van der Waals surface area contributed by atoms with Crippen molar-refractivity contribution >= 4 is 38.9 Å². The molecule has 8 nitrogen and oxygen atoms in total. The second-order valence-electron chi connectivity index (χ2n) is 7.33. The van der Waals surface area contributed by atoms with Gasteiger partial charge < -0.3 is 19.7 Å². The maximum Gasteiger partial charge on any atom is 0.271 e. The summed E-state index contributed by atoms with van der Waals surface area (Å²) in [5.74, 6) is -1.68. The van der Waals surface area contributed by atoms with Crippen LogP contribution in [0.25, 0.3) is 0 Å². The minimum absolute atomic E-state index is 0.194. The molecule has 0 fully saturated rings. The summed E-state index contributed by atoms with van der Waals surface area (Å²) in [6.07, 6.45) is -0.292. The number of carbonyl (C=O) groups is 2. The van der Waals surface area contributed by atoms with Crippen molar-refractivity contribution in [2.75, 3.05) is 32.4 Å². The summed E-state index contributed by atoms with van der Waals surface area (Å²) in [6.45, 7) is 0.415. The van der Waals surface area contributed by atoms with Crippen molar-refractivity contribution in [3.05, 3.63) is 47.3 Å². The van der Waals surface area contributed by atoms with Crippen LogP contribution in [0.4, 0.5) is 5.69 Å². The zero-order valence-corrected chi connectivity index (χ0v) is 17.5. The van der Waals surface area contributed by atoms with Crippen LogP contribution in [0.5, 0.6) is 0 Å². The number of likely N-dealkylation sites (N-methyl/N-ethyl adjacent to an activating group) is 1. The number of hydrogen-bond donors (Lipinski definition) is 2. The van der Waals surface area contributed by atoms with E-state index < -0.39 is 27.9 Å². The maximum atomic E-state index is 12.4. The average molecular weight is 426 g/mol. The smallest absolute Gasteiger partial charge is 0.271 e. The zero-order valence-electron chi connectivity index (χ0n) is 15.8. The molecule has 10 heteroatoms. The fraction of sp³-hybridized carbons (Fsp3) is 0.333. The lowest BCUT2D eigenvalue weighted by atomic mass is 10.1. The number of amides is 1. The van der Waals surface area contributed by atoms with E-state index in [1.165, 1.54) is 30.3 Å². The molecule has 0 saturated heterocycles. The maximum absolute atomic E-state index is 12.4. The predicted molar refractivity (Wildman–Crippen MR) is 105 cm³/mol. The number of rotatable bonds is 9. The molecule has 0 bridgehead atoms. The first-order valence-corrected chi connectivity index (χ1v) is 10.8. The van der Waals surface area contributed by atoms with Crippen LogP contribution in [0.2, 0.25) is 0 Å². The summed E-state index contributed by atoms with van der Waals surface area (Å²) in [4.78, 5) is 23.4. The third kappa shape index (κ3) is 6.63. The van der Waals surface area contributed by atoms with E-state index in [1.807, 2.05) is 21.1 Å². The summed E-state index contributed by atoms with van der Waals surface area (Å²) < 4.78 is 27.6. The van der Waals surface area contributed by atoms with E-state index >= 15 is 0 Å². The van der Waals surface area contributed by atoms with E-state index in [1.54, 1.807) is 11.4 Å². The summed E-state index contributed by atoms with van der Waals surface area (Å²) in [5, 5.41) is 15.3. The molecule has 0 aliphatic heterocycles. The predicted octanol–water partition coefficient (Wildman–Crippen LogP) is 0.494. The van der Waals surface area contributed by atoms with E-state index in [0.29, 0.717) is 22.3 Å². The molecule has 2 rings (SSSR count). The van der Waals surface area contributed by atoms with Gasteiger partial charge in [0, 0.05) is 23.6 Å². The molecule has 1 aromatic heterocycles. The lowest BCUT2D eigenvalue weighted by Crippen LogP contribution is -2.50. The van der Waals surface area contributed by atoms with Gasteiger partial charge in [-0.2, -0.15) is 0 Å². The van der Waals surface area contributed by atoms with Gasteiger partial charge in [-0.15, -0.1) is 11.3 Å². The Bertz CT molecular complexity index is 917. The average Bonchev–Trinajstić information content (AvgIpc) is 3.08. The van der Waals surface area contributed by atoms with E-state index in [2.05, 4.69) is 10.0 Å². The minimum atomic E-state index is -3.66. The Morgan fingerprint density at radius 3 is 2.29 bits per heavy atom. The van der Waals surface area contributed by atoms with Crippen LogP contribution in [0.15, 0.2) is 46.0 Å². The second kappa shape index (κ2) is 8.72. The van der Waals surface area contributed by atoms with Crippen molar-refractivity contribution in [3.8, 4) is 0 Å². The van der Waals surface area contributed by atoms with Gasteiger partial charge in [0.25, 0.3) is 15.9 Å². The zero-order chi connectivity index (χ0) is 20.9. The summed E-state index contributed by atoms with van der Waals surface area (Å²) in [6, 6.07) is 8.47. The molecule has 0 radical (unpaired) electrons. The molecule has 28 heavy (non-hydrogen) atoms. The number of benzene rings is 1. The summed E-state index contributed by atoms with van der Waals surface area (Å²) in [5.41, 5.74) is 0.617. The first kappa shape index (κ1) is 21.9. The van der Waals surface area contributed by atoms with Crippen molar-refractivity contribution < 1.29 is 27.6 Å². The number of thiophene rings is 1. The molecule has 0 aliphatic carbocycles. The topological polar surface area (TPSA) is 115 Å². The van der Waals surface area contributed by atoms with Gasteiger partial charge in [0.15, 0.2) is 0 Å². The van der Waals surface area contributed by atoms with Crippen LogP contribution in [-0.4, -0.2) is 58.5 Å². The van der Waals surface area contributed by atoms with Crippen LogP contribution in [0, 0.1) is 0 Å². The number of quaternary nitrogens is 1.